The van der Waals surface area contributed by atoms with Crippen molar-refractivity contribution in [3.05, 3.63) is 54.0 Å². The van der Waals surface area contributed by atoms with Crippen LogP contribution in [0.1, 0.15) is 69.2 Å². The van der Waals surface area contributed by atoms with Gasteiger partial charge in [-0.25, -0.2) is 0 Å². The second-order valence-electron chi connectivity index (χ2n) is 9.47. The molecule has 1 aliphatic heterocycles. The van der Waals surface area contributed by atoms with Crippen LogP contribution in [0.15, 0.2) is 47.0 Å². The van der Waals surface area contributed by atoms with Crippen molar-refractivity contribution in [3.8, 4) is 11.3 Å². The van der Waals surface area contributed by atoms with Crippen LogP contribution in [-0.4, -0.2) is 39.0 Å². The topological polar surface area (TPSA) is 110 Å². The van der Waals surface area contributed by atoms with E-state index in [1.54, 1.807) is 6.20 Å². The Bertz CT molecular complexity index is 1120. The molecule has 8 nitrogen and oxygen atoms in total. The summed E-state index contributed by atoms with van der Waals surface area (Å²) in [5.41, 5.74) is 3.75. The zero-order valence-corrected chi connectivity index (χ0v) is 19.4. The average molecular weight is 463 g/mol. The number of hydrogen-bond donors (Lipinski definition) is 2. The van der Waals surface area contributed by atoms with Gasteiger partial charge in [0, 0.05) is 16.9 Å². The van der Waals surface area contributed by atoms with E-state index in [0.717, 1.165) is 49.0 Å². The normalized spacial score (nSPS) is 22.4. The molecule has 3 heterocycles. The molecule has 0 amide bonds. The second kappa shape index (κ2) is 9.54. The lowest BCUT2D eigenvalue weighted by atomic mass is 9.74. The molecular weight excluding hydrogens is 432 g/mol. The summed E-state index contributed by atoms with van der Waals surface area (Å²) in [5.74, 6) is 0.303. The first-order valence-electron chi connectivity index (χ1n) is 12.1. The van der Waals surface area contributed by atoms with E-state index in [4.69, 9.17) is 14.3 Å². The number of anilines is 2. The number of pyridine rings is 1. The van der Waals surface area contributed by atoms with Crippen molar-refractivity contribution in [2.75, 3.05) is 11.9 Å². The molecule has 1 aromatic carbocycles. The number of aliphatic carboxylic acids is 1. The minimum Gasteiger partial charge on any atom is -0.481 e. The summed E-state index contributed by atoms with van der Waals surface area (Å²) < 4.78 is 11.6. The maximum absolute atomic E-state index is 11.1. The lowest BCUT2D eigenvalue weighted by Crippen LogP contribution is -2.27. The Balaban J connectivity index is 1.26. The number of nitrogens with zero attached hydrogens (tertiary/aromatic N) is 3. The molecule has 0 spiro atoms. The first-order chi connectivity index (χ1) is 16.5. The molecule has 2 atom stereocenters. The highest BCUT2D eigenvalue weighted by atomic mass is 16.5. The maximum Gasteiger partial charge on any atom is 0.320 e. The van der Waals surface area contributed by atoms with E-state index in [1.165, 1.54) is 12.0 Å². The SMILES string of the molecule is CCCC1(c2ccc(-c3ccc(Nc4nnc(C5CCC5)o4)cn3)cc2)COC(CC(=O)O)C1. The lowest BCUT2D eigenvalue weighted by molar-refractivity contribution is -0.139. The van der Waals surface area contributed by atoms with Gasteiger partial charge in [0.15, 0.2) is 0 Å². The Morgan fingerprint density at radius 2 is 2.00 bits per heavy atom. The fourth-order valence-corrected chi connectivity index (χ4v) is 5.02. The van der Waals surface area contributed by atoms with E-state index in [0.29, 0.717) is 24.4 Å². The Kier molecular flexibility index (Phi) is 6.32. The molecule has 0 bridgehead atoms. The van der Waals surface area contributed by atoms with Gasteiger partial charge in [0.2, 0.25) is 5.89 Å². The van der Waals surface area contributed by atoms with E-state index < -0.39 is 5.97 Å². The number of ether oxygens (including phenoxy) is 1. The molecule has 34 heavy (non-hydrogen) atoms. The summed E-state index contributed by atoms with van der Waals surface area (Å²) in [5, 5.41) is 20.5. The van der Waals surface area contributed by atoms with Crippen LogP contribution in [0, 0.1) is 0 Å². The van der Waals surface area contributed by atoms with Gasteiger partial charge >= 0.3 is 12.0 Å². The van der Waals surface area contributed by atoms with E-state index in [9.17, 15) is 4.79 Å². The van der Waals surface area contributed by atoms with Crippen molar-refractivity contribution < 1.29 is 19.1 Å². The standard InChI is InChI=1S/C26H30N4O4/c1-2-12-26(14-21(33-16-26)13-23(31)32)19-8-6-17(7-9-19)22-11-10-20(15-27-22)28-25-30-29-24(34-25)18-4-3-5-18/h6-11,15,18,21H,2-5,12-14,16H2,1H3,(H,28,30)(H,31,32). The van der Waals surface area contributed by atoms with Gasteiger partial charge in [0.1, 0.15) is 0 Å². The van der Waals surface area contributed by atoms with Gasteiger partial charge in [-0.05, 0) is 43.4 Å². The number of aromatic nitrogens is 3. The molecule has 1 saturated heterocycles. The number of carboxylic acids is 1. The van der Waals surface area contributed by atoms with Gasteiger partial charge in [-0.15, -0.1) is 5.10 Å². The van der Waals surface area contributed by atoms with Crippen molar-refractivity contribution in [1.82, 2.24) is 15.2 Å². The van der Waals surface area contributed by atoms with Crippen molar-refractivity contribution in [1.29, 1.82) is 0 Å². The van der Waals surface area contributed by atoms with Gasteiger partial charge in [-0.2, -0.15) is 0 Å². The quantitative estimate of drug-likeness (QED) is 0.432. The molecule has 1 aliphatic carbocycles. The summed E-state index contributed by atoms with van der Waals surface area (Å²) in [4.78, 5) is 15.7. The molecule has 2 aromatic heterocycles. The lowest BCUT2D eigenvalue weighted by Gasteiger charge is -2.28. The Morgan fingerprint density at radius 3 is 2.65 bits per heavy atom. The molecule has 0 radical (unpaired) electrons. The smallest absolute Gasteiger partial charge is 0.320 e. The number of benzene rings is 1. The fraction of sp³-hybridized carbons (Fsp3) is 0.462. The molecule has 1 saturated carbocycles. The fourth-order valence-electron chi connectivity index (χ4n) is 5.02. The number of carbonyl (C=O) groups is 1. The Morgan fingerprint density at radius 1 is 1.18 bits per heavy atom. The van der Waals surface area contributed by atoms with Gasteiger partial charge < -0.3 is 19.6 Å². The molecule has 2 aliphatic rings. The van der Waals surface area contributed by atoms with E-state index in [-0.39, 0.29) is 17.9 Å². The molecular formula is C26H30N4O4. The maximum atomic E-state index is 11.1. The zero-order chi connectivity index (χ0) is 23.5. The molecule has 8 heteroatoms. The third-order valence-electron chi connectivity index (χ3n) is 7.05. The molecule has 2 fully saturated rings. The Hall–Kier alpha value is -3.26. The summed E-state index contributed by atoms with van der Waals surface area (Å²) in [6.45, 7) is 2.72. The summed E-state index contributed by atoms with van der Waals surface area (Å²) >= 11 is 0. The minimum absolute atomic E-state index is 0.0549. The van der Waals surface area contributed by atoms with Crippen LogP contribution < -0.4 is 5.32 Å². The zero-order valence-electron chi connectivity index (χ0n) is 19.4. The number of rotatable bonds is 9. The van der Waals surface area contributed by atoms with Crippen LogP contribution in [0.25, 0.3) is 11.3 Å². The van der Waals surface area contributed by atoms with Crippen molar-refractivity contribution >= 4 is 17.7 Å². The summed E-state index contributed by atoms with van der Waals surface area (Å²) in [7, 11) is 0. The molecule has 5 rings (SSSR count). The van der Waals surface area contributed by atoms with Gasteiger partial charge in [0.25, 0.3) is 0 Å². The number of hydrogen-bond acceptors (Lipinski definition) is 7. The summed E-state index contributed by atoms with van der Waals surface area (Å²) in [6.07, 6.45) is 7.77. The van der Waals surface area contributed by atoms with Crippen LogP contribution in [0.5, 0.6) is 0 Å². The third kappa shape index (κ3) is 4.68. The molecule has 3 aromatic rings. The van der Waals surface area contributed by atoms with Crippen LogP contribution in [-0.2, 0) is 14.9 Å². The van der Waals surface area contributed by atoms with Crippen molar-refractivity contribution in [2.24, 2.45) is 0 Å². The monoisotopic (exact) mass is 462 g/mol. The molecule has 2 unspecified atom stereocenters. The van der Waals surface area contributed by atoms with E-state index in [1.807, 2.05) is 12.1 Å². The van der Waals surface area contributed by atoms with E-state index in [2.05, 4.69) is 51.7 Å². The number of carboxylic acid groups (broad SMARTS) is 1. The minimum atomic E-state index is -0.811. The highest BCUT2D eigenvalue weighted by molar-refractivity contribution is 5.67. The van der Waals surface area contributed by atoms with Crippen LogP contribution >= 0.6 is 0 Å². The van der Waals surface area contributed by atoms with Gasteiger partial charge in [-0.1, -0.05) is 49.1 Å². The van der Waals surface area contributed by atoms with E-state index >= 15 is 0 Å². The van der Waals surface area contributed by atoms with Crippen molar-refractivity contribution in [3.63, 3.8) is 0 Å². The molecule has 2 N–H and O–H groups in total. The first-order valence-corrected chi connectivity index (χ1v) is 12.1. The van der Waals surface area contributed by atoms with Crippen LogP contribution in [0.3, 0.4) is 0 Å². The van der Waals surface area contributed by atoms with Crippen molar-refractivity contribution in [2.45, 2.75) is 69.3 Å². The second-order valence-corrected chi connectivity index (χ2v) is 9.47. The van der Waals surface area contributed by atoms with Crippen LogP contribution in [0.4, 0.5) is 11.7 Å². The largest absolute Gasteiger partial charge is 0.481 e. The summed E-state index contributed by atoms with van der Waals surface area (Å²) in [6, 6.07) is 12.7. The number of nitrogens with one attached hydrogen (secondary N) is 1. The highest BCUT2D eigenvalue weighted by Crippen LogP contribution is 2.42. The van der Waals surface area contributed by atoms with Crippen LogP contribution in [0.2, 0.25) is 0 Å². The third-order valence-corrected chi connectivity index (χ3v) is 7.05. The first kappa shape index (κ1) is 22.5. The average Bonchev–Trinajstić information content (AvgIpc) is 3.41. The Labute approximate surface area is 198 Å². The highest BCUT2D eigenvalue weighted by Gasteiger charge is 2.41. The predicted octanol–water partition coefficient (Wildman–Crippen LogP) is 5.44. The predicted molar refractivity (Wildman–Crippen MR) is 127 cm³/mol. The van der Waals surface area contributed by atoms with Gasteiger partial charge in [0.05, 0.1) is 36.7 Å². The van der Waals surface area contributed by atoms with Gasteiger partial charge in [-0.3, -0.25) is 9.78 Å². The molecule has 178 valence electrons.